The largest absolute Gasteiger partial charge is 0.495 e. The average Bonchev–Trinajstić information content (AvgIpc) is 2.56. The van der Waals surface area contributed by atoms with E-state index in [1.807, 2.05) is 24.3 Å². The number of anilines is 2. The van der Waals surface area contributed by atoms with E-state index in [0.29, 0.717) is 12.4 Å². The van der Waals surface area contributed by atoms with Crippen molar-refractivity contribution < 1.29 is 9.47 Å². The van der Waals surface area contributed by atoms with Crippen LogP contribution in [-0.2, 0) is 0 Å². The highest BCUT2D eigenvalue weighted by molar-refractivity contribution is 5.67. The van der Waals surface area contributed by atoms with Crippen LogP contribution < -0.4 is 20.1 Å². The summed E-state index contributed by atoms with van der Waals surface area (Å²) >= 11 is 0. The first-order chi connectivity index (χ1) is 10.3. The van der Waals surface area contributed by atoms with Crippen molar-refractivity contribution in [3.63, 3.8) is 0 Å². The van der Waals surface area contributed by atoms with Gasteiger partial charge in [-0.15, -0.1) is 0 Å². The van der Waals surface area contributed by atoms with E-state index >= 15 is 0 Å². The Bertz CT molecular complexity index is 577. The molecule has 6 heteroatoms. The summed E-state index contributed by atoms with van der Waals surface area (Å²) in [5, 5.41) is 0. The number of benzene rings is 1. The molecule has 0 fully saturated rings. The summed E-state index contributed by atoms with van der Waals surface area (Å²) in [6, 6.07) is 9.60. The molecular formula is C15H20N4O2. The van der Waals surface area contributed by atoms with Crippen LogP contribution in [0.4, 0.5) is 11.5 Å². The summed E-state index contributed by atoms with van der Waals surface area (Å²) in [6.07, 6.45) is 2.32. The number of rotatable bonds is 7. The van der Waals surface area contributed by atoms with Crippen LogP contribution in [-0.4, -0.2) is 37.3 Å². The van der Waals surface area contributed by atoms with Crippen molar-refractivity contribution >= 4 is 11.5 Å². The highest BCUT2D eigenvalue weighted by Crippen LogP contribution is 2.33. The third-order valence-corrected chi connectivity index (χ3v) is 3.08. The number of methoxy groups -OCH3 is 2. The van der Waals surface area contributed by atoms with E-state index in [2.05, 4.69) is 14.9 Å². The van der Waals surface area contributed by atoms with Crippen LogP contribution in [0.1, 0.15) is 6.42 Å². The van der Waals surface area contributed by atoms with E-state index in [9.17, 15) is 0 Å². The van der Waals surface area contributed by atoms with Gasteiger partial charge < -0.3 is 20.1 Å². The van der Waals surface area contributed by atoms with Crippen LogP contribution in [0, 0.1) is 0 Å². The lowest BCUT2D eigenvalue weighted by Gasteiger charge is -2.25. The maximum atomic E-state index is 5.64. The standard InChI is InChI=1S/C15H20N4O2/c1-20-13-7-4-3-6-12(13)19(9-5-8-16)14-10-15(21-2)18-11-17-14/h3-4,6-7,10-11H,5,8-9,16H2,1-2H3. The van der Waals surface area contributed by atoms with Crippen molar-refractivity contribution in [1.29, 1.82) is 0 Å². The van der Waals surface area contributed by atoms with Gasteiger partial charge in [-0.2, -0.15) is 0 Å². The van der Waals surface area contributed by atoms with E-state index in [1.165, 1.54) is 6.33 Å². The van der Waals surface area contributed by atoms with Crippen molar-refractivity contribution in [3.05, 3.63) is 36.7 Å². The predicted octanol–water partition coefficient (Wildman–Crippen LogP) is 1.98. The molecule has 2 N–H and O–H groups in total. The molecule has 0 atom stereocenters. The first kappa shape index (κ1) is 15.1. The highest BCUT2D eigenvalue weighted by Gasteiger charge is 2.15. The SMILES string of the molecule is COc1cc(N(CCCN)c2ccccc2OC)ncn1. The minimum atomic E-state index is 0.521. The van der Waals surface area contributed by atoms with Crippen LogP contribution in [0.5, 0.6) is 11.6 Å². The molecule has 1 aromatic carbocycles. The van der Waals surface area contributed by atoms with Gasteiger partial charge in [-0.1, -0.05) is 12.1 Å². The van der Waals surface area contributed by atoms with Crippen molar-refractivity contribution in [2.45, 2.75) is 6.42 Å². The molecule has 0 saturated carbocycles. The molecule has 1 aromatic heterocycles. The first-order valence-corrected chi connectivity index (χ1v) is 6.76. The second-order valence-corrected chi connectivity index (χ2v) is 4.38. The molecule has 0 saturated heterocycles. The van der Waals surface area contributed by atoms with Gasteiger partial charge in [-0.25, -0.2) is 9.97 Å². The smallest absolute Gasteiger partial charge is 0.218 e. The number of ether oxygens (including phenoxy) is 2. The molecule has 0 spiro atoms. The van der Waals surface area contributed by atoms with E-state index in [4.69, 9.17) is 15.2 Å². The molecule has 0 aliphatic heterocycles. The maximum absolute atomic E-state index is 5.64. The molecule has 1 heterocycles. The van der Waals surface area contributed by atoms with Crippen LogP contribution in [0.3, 0.4) is 0 Å². The van der Waals surface area contributed by atoms with Gasteiger partial charge in [0.15, 0.2) is 0 Å². The monoisotopic (exact) mass is 288 g/mol. The second-order valence-electron chi connectivity index (χ2n) is 4.38. The maximum Gasteiger partial charge on any atom is 0.218 e. The second kappa shape index (κ2) is 7.44. The molecule has 2 rings (SSSR count). The number of para-hydroxylation sites is 2. The highest BCUT2D eigenvalue weighted by atomic mass is 16.5. The third-order valence-electron chi connectivity index (χ3n) is 3.08. The lowest BCUT2D eigenvalue weighted by molar-refractivity contribution is 0.396. The van der Waals surface area contributed by atoms with Crippen molar-refractivity contribution in [1.82, 2.24) is 9.97 Å². The zero-order valence-electron chi connectivity index (χ0n) is 12.3. The molecule has 0 bridgehead atoms. The predicted molar refractivity (Wildman–Crippen MR) is 82.3 cm³/mol. The van der Waals surface area contributed by atoms with E-state index < -0.39 is 0 Å². The summed E-state index contributed by atoms with van der Waals surface area (Å²) < 4.78 is 10.6. The number of nitrogens with zero attached hydrogens (tertiary/aromatic N) is 3. The number of hydrogen-bond donors (Lipinski definition) is 1. The van der Waals surface area contributed by atoms with E-state index in [1.54, 1.807) is 20.3 Å². The molecule has 21 heavy (non-hydrogen) atoms. The van der Waals surface area contributed by atoms with Crippen LogP contribution in [0.2, 0.25) is 0 Å². The lowest BCUT2D eigenvalue weighted by atomic mass is 10.2. The number of hydrogen-bond acceptors (Lipinski definition) is 6. The van der Waals surface area contributed by atoms with Crippen molar-refractivity contribution in [2.75, 3.05) is 32.2 Å². The normalized spacial score (nSPS) is 10.2. The molecule has 0 amide bonds. The van der Waals surface area contributed by atoms with Crippen LogP contribution in [0.15, 0.2) is 36.7 Å². The van der Waals surface area contributed by atoms with E-state index in [0.717, 1.165) is 30.2 Å². The van der Waals surface area contributed by atoms with Gasteiger partial charge in [0.25, 0.3) is 0 Å². The summed E-state index contributed by atoms with van der Waals surface area (Å²) in [6.45, 7) is 1.34. The minimum Gasteiger partial charge on any atom is -0.495 e. The Hall–Kier alpha value is -2.34. The molecule has 0 aliphatic rings. The van der Waals surface area contributed by atoms with Gasteiger partial charge in [0, 0.05) is 12.6 Å². The van der Waals surface area contributed by atoms with Gasteiger partial charge >= 0.3 is 0 Å². The fraction of sp³-hybridized carbons (Fsp3) is 0.333. The first-order valence-electron chi connectivity index (χ1n) is 6.76. The summed E-state index contributed by atoms with van der Waals surface area (Å²) in [7, 11) is 3.24. The summed E-state index contributed by atoms with van der Waals surface area (Å²) in [5.74, 6) is 2.06. The third kappa shape index (κ3) is 3.61. The summed E-state index contributed by atoms with van der Waals surface area (Å²) in [4.78, 5) is 10.4. The summed E-state index contributed by atoms with van der Waals surface area (Å²) in [5.41, 5.74) is 6.58. The van der Waals surface area contributed by atoms with Gasteiger partial charge in [-0.3, -0.25) is 0 Å². The Morgan fingerprint density at radius 3 is 2.67 bits per heavy atom. The van der Waals surface area contributed by atoms with Crippen molar-refractivity contribution in [2.24, 2.45) is 5.73 Å². The molecule has 2 aromatic rings. The zero-order valence-corrected chi connectivity index (χ0v) is 12.3. The van der Waals surface area contributed by atoms with Gasteiger partial charge in [0.05, 0.1) is 19.9 Å². The Balaban J connectivity index is 2.41. The Kier molecular flexibility index (Phi) is 5.34. The Labute approximate surface area is 124 Å². The minimum absolute atomic E-state index is 0.521. The van der Waals surface area contributed by atoms with Gasteiger partial charge in [0.2, 0.25) is 5.88 Å². The quantitative estimate of drug-likeness (QED) is 0.840. The Morgan fingerprint density at radius 1 is 1.14 bits per heavy atom. The number of aromatic nitrogens is 2. The lowest BCUT2D eigenvalue weighted by Crippen LogP contribution is -2.22. The Morgan fingerprint density at radius 2 is 1.95 bits per heavy atom. The average molecular weight is 288 g/mol. The molecule has 112 valence electrons. The molecule has 6 nitrogen and oxygen atoms in total. The number of nitrogens with two attached hydrogens (primary N) is 1. The molecular weight excluding hydrogens is 268 g/mol. The molecule has 0 aliphatic carbocycles. The molecule has 0 radical (unpaired) electrons. The fourth-order valence-electron chi connectivity index (χ4n) is 2.05. The fourth-order valence-corrected chi connectivity index (χ4v) is 2.05. The molecule has 0 unspecified atom stereocenters. The van der Waals surface area contributed by atoms with Gasteiger partial charge in [-0.05, 0) is 25.1 Å². The van der Waals surface area contributed by atoms with Crippen LogP contribution >= 0.6 is 0 Å². The van der Waals surface area contributed by atoms with E-state index in [-0.39, 0.29) is 0 Å². The zero-order chi connectivity index (χ0) is 15.1. The van der Waals surface area contributed by atoms with Crippen molar-refractivity contribution in [3.8, 4) is 11.6 Å². The van der Waals surface area contributed by atoms with Crippen LogP contribution in [0.25, 0.3) is 0 Å². The van der Waals surface area contributed by atoms with Gasteiger partial charge in [0.1, 0.15) is 17.9 Å². The topological polar surface area (TPSA) is 73.5 Å².